The van der Waals surface area contributed by atoms with Gasteiger partial charge < -0.3 is 10.1 Å². The van der Waals surface area contributed by atoms with E-state index in [1.54, 1.807) is 60.7 Å². The summed E-state index contributed by atoms with van der Waals surface area (Å²) in [6, 6.07) is 19.8. The lowest BCUT2D eigenvalue weighted by atomic mass is 10.1. The smallest absolute Gasteiger partial charge is 0.356 e. The average Bonchev–Trinajstić information content (AvgIpc) is 3.08. The van der Waals surface area contributed by atoms with Gasteiger partial charge in [0.05, 0.1) is 11.1 Å². The summed E-state index contributed by atoms with van der Waals surface area (Å²) in [4.78, 5) is 51.5. The summed E-state index contributed by atoms with van der Waals surface area (Å²) in [6.07, 6.45) is 1.42. The second kappa shape index (κ2) is 9.72. The minimum Gasteiger partial charge on any atom is -0.439 e. The Labute approximate surface area is 200 Å². The monoisotopic (exact) mass is 474 g/mol. The van der Waals surface area contributed by atoms with Crippen molar-refractivity contribution in [2.24, 2.45) is 0 Å². The van der Waals surface area contributed by atoms with Crippen LogP contribution in [0.15, 0.2) is 78.5 Å². The number of benzene rings is 3. The van der Waals surface area contributed by atoms with E-state index >= 15 is 0 Å². The molecule has 1 N–H and O–H groups in total. The minimum atomic E-state index is -0.910. The topological polar surface area (TPSA) is 92.8 Å². The van der Waals surface area contributed by atoms with Gasteiger partial charge in [-0.15, -0.1) is 0 Å². The number of halogens is 1. The summed E-state index contributed by atoms with van der Waals surface area (Å²) in [7, 11) is 0. The Kier molecular flexibility index (Phi) is 6.56. The highest BCUT2D eigenvalue weighted by Crippen LogP contribution is 2.22. The summed E-state index contributed by atoms with van der Waals surface area (Å²) in [5.41, 5.74) is 2.24. The van der Waals surface area contributed by atoms with Crippen molar-refractivity contribution in [3.05, 3.63) is 111 Å². The predicted molar refractivity (Wildman–Crippen MR) is 126 cm³/mol. The van der Waals surface area contributed by atoms with Gasteiger partial charge in [-0.2, -0.15) is 0 Å². The highest BCUT2D eigenvalue weighted by atomic mass is 35.5. The van der Waals surface area contributed by atoms with Crippen molar-refractivity contribution < 1.29 is 23.9 Å². The molecular formula is C26H19ClN2O5. The van der Waals surface area contributed by atoms with Crippen molar-refractivity contribution in [1.29, 1.82) is 0 Å². The first-order valence-corrected chi connectivity index (χ1v) is 10.7. The average molecular weight is 475 g/mol. The van der Waals surface area contributed by atoms with Gasteiger partial charge in [-0.1, -0.05) is 53.6 Å². The van der Waals surface area contributed by atoms with Crippen molar-refractivity contribution in [2.45, 2.75) is 6.92 Å². The number of fused-ring (bicyclic) bond motifs is 1. The predicted octanol–water partition coefficient (Wildman–Crippen LogP) is 4.22. The minimum absolute atomic E-state index is 0.162. The molecule has 3 aromatic rings. The van der Waals surface area contributed by atoms with Crippen LogP contribution in [0.5, 0.6) is 0 Å². The molecule has 34 heavy (non-hydrogen) atoms. The zero-order valence-electron chi connectivity index (χ0n) is 18.1. The molecule has 0 atom stereocenters. The van der Waals surface area contributed by atoms with Crippen LogP contribution in [-0.2, 0) is 9.53 Å². The summed E-state index contributed by atoms with van der Waals surface area (Å²) in [5, 5.41) is 3.07. The van der Waals surface area contributed by atoms with E-state index in [2.05, 4.69) is 5.32 Å². The molecule has 0 unspecified atom stereocenters. The van der Waals surface area contributed by atoms with E-state index in [4.69, 9.17) is 16.3 Å². The van der Waals surface area contributed by atoms with Gasteiger partial charge >= 0.3 is 5.97 Å². The molecule has 0 aliphatic carbocycles. The molecule has 1 aliphatic rings. The van der Waals surface area contributed by atoms with Crippen LogP contribution in [0.2, 0.25) is 5.02 Å². The molecule has 1 heterocycles. The first-order chi connectivity index (χ1) is 16.3. The number of esters is 1. The maximum atomic E-state index is 12.9. The van der Waals surface area contributed by atoms with Crippen LogP contribution in [0.4, 0.5) is 0 Å². The summed E-state index contributed by atoms with van der Waals surface area (Å²) < 4.78 is 5.25. The highest BCUT2D eigenvalue weighted by molar-refractivity contribution is 6.30. The second-order valence-corrected chi connectivity index (χ2v) is 8.01. The third-order valence-electron chi connectivity index (χ3n) is 5.17. The maximum absolute atomic E-state index is 12.9. The van der Waals surface area contributed by atoms with Crippen LogP contribution < -0.4 is 5.32 Å². The van der Waals surface area contributed by atoms with Crippen molar-refractivity contribution in [3.8, 4) is 0 Å². The molecule has 0 radical (unpaired) electrons. The van der Waals surface area contributed by atoms with Crippen LogP contribution in [0, 0.1) is 6.92 Å². The number of carbonyl (C=O) groups excluding carboxylic acids is 4. The van der Waals surface area contributed by atoms with Crippen molar-refractivity contribution >= 4 is 41.4 Å². The van der Waals surface area contributed by atoms with E-state index in [0.717, 1.165) is 10.5 Å². The zero-order valence-corrected chi connectivity index (χ0v) is 18.8. The molecule has 8 heteroatoms. The van der Waals surface area contributed by atoms with E-state index in [1.165, 1.54) is 18.2 Å². The number of rotatable bonds is 6. The van der Waals surface area contributed by atoms with Crippen LogP contribution >= 0.6 is 11.6 Å². The van der Waals surface area contributed by atoms with E-state index in [-0.39, 0.29) is 16.8 Å². The normalized spacial score (nSPS) is 13.0. The van der Waals surface area contributed by atoms with Crippen LogP contribution in [0.25, 0.3) is 6.08 Å². The SMILES string of the molecule is Cc1ccc(C(=O)N/C(=C\c2ccc(Cl)cc2)C(=O)OCN2C(=O)c3ccccc3C2=O)cc1. The molecule has 1 aliphatic heterocycles. The standard InChI is InChI=1S/C26H19ClN2O5/c1-16-6-10-18(11-7-16)23(30)28-22(14-17-8-12-19(27)13-9-17)26(33)34-15-29-24(31)20-4-2-3-5-21(20)25(29)32/h2-14H,15H2,1H3,(H,28,30)/b22-14-. The van der Waals surface area contributed by atoms with Gasteiger partial charge in [0.25, 0.3) is 17.7 Å². The molecular weight excluding hydrogens is 456 g/mol. The lowest BCUT2D eigenvalue weighted by molar-refractivity contribution is -0.141. The number of carbonyl (C=O) groups is 4. The van der Waals surface area contributed by atoms with Crippen LogP contribution in [-0.4, -0.2) is 35.3 Å². The summed E-state index contributed by atoms with van der Waals surface area (Å²) in [5.74, 6) is -2.54. The fraction of sp³-hybridized carbons (Fsp3) is 0.0769. The van der Waals surface area contributed by atoms with E-state index in [0.29, 0.717) is 16.1 Å². The molecule has 0 aromatic heterocycles. The first kappa shape index (κ1) is 22.9. The molecule has 0 bridgehead atoms. The van der Waals surface area contributed by atoms with Gasteiger partial charge in [0.2, 0.25) is 0 Å². The molecule has 0 spiro atoms. The fourth-order valence-corrected chi connectivity index (χ4v) is 3.45. The Morgan fingerprint density at radius 1 is 0.912 bits per heavy atom. The maximum Gasteiger partial charge on any atom is 0.356 e. The quantitative estimate of drug-likeness (QED) is 0.328. The van der Waals surface area contributed by atoms with Gasteiger partial charge in [-0.3, -0.25) is 14.4 Å². The van der Waals surface area contributed by atoms with E-state index in [9.17, 15) is 19.2 Å². The molecule has 3 amide bonds. The second-order valence-electron chi connectivity index (χ2n) is 7.57. The largest absolute Gasteiger partial charge is 0.439 e. The van der Waals surface area contributed by atoms with Crippen LogP contribution in [0.3, 0.4) is 0 Å². The Morgan fingerprint density at radius 2 is 1.50 bits per heavy atom. The lowest BCUT2D eigenvalue weighted by Gasteiger charge is -2.15. The number of imide groups is 1. The fourth-order valence-electron chi connectivity index (χ4n) is 3.33. The number of nitrogens with one attached hydrogen (secondary N) is 1. The van der Waals surface area contributed by atoms with Gasteiger partial charge in [0.15, 0.2) is 6.73 Å². The third-order valence-corrected chi connectivity index (χ3v) is 5.42. The third kappa shape index (κ3) is 4.89. The van der Waals surface area contributed by atoms with Crippen molar-refractivity contribution in [3.63, 3.8) is 0 Å². The first-order valence-electron chi connectivity index (χ1n) is 10.3. The number of aryl methyl sites for hydroxylation is 1. The summed E-state index contributed by atoms with van der Waals surface area (Å²) >= 11 is 5.92. The van der Waals surface area contributed by atoms with Crippen molar-refractivity contribution in [1.82, 2.24) is 10.2 Å². The highest BCUT2D eigenvalue weighted by Gasteiger charge is 2.36. The van der Waals surface area contributed by atoms with Crippen molar-refractivity contribution in [2.75, 3.05) is 6.73 Å². The van der Waals surface area contributed by atoms with E-state index < -0.39 is 30.4 Å². The van der Waals surface area contributed by atoms with E-state index in [1.807, 2.05) is 6.92 Å². The van der Waals surface area contributed by atoms with Crippen LogP contribution in [0.1, 0.15) is 42.2 Å². The number of hydrogen-bond acceptors (Lipinski definition) is 5. The van der Waals surface area contributed by atoms with Gasteiger partial charge in [0, 0.05) is 10.6 Å². The molecule has 0 saturated heterocycles. The van der Waals surface area contributed by atoms with Gasteiger partial charge in [-0.05, 0) is 55.0 Å². The molecule has 170 valence electrons. The van der Waals surface area contributed by atoms with Gasteiger partial charge in [0.1, 0.15) is 5.70 Å². The Morgan fingerprint density at radius 3 is 2.09 bits per heavy atom. The number of ether oxygens (including phenoxy) is 1. The molecule has 7 nitrogen and oxygen atoms in total. The molecule has 0 fully saturated rings. The lowest BCUT2D eigenvalue weighted by Crippen LogP contribution is -2.35. The Balaban J connectivity index is 1.53. The zero-order chi connectivity index (χ0) is 24.2. The van der Waals surface area contributed by atoms with Gasteiger partial charge in [-0.25, -0.2) is 9.69 Å². The molecule has 3 aromatic carbocycles. The number of hydrogen-bond donors (Lipinski definition) is 1. The Bertz CT molecular complexity index is 1280. The Hall–Kier alpha value is -4.23. The number of nitrogens with zero attached hydrogens (tertiary/aromatic N) is 1. The number of amides is 3. The molecule has 4 rings (SSSR count). The summed E-state index contributed by atoms with van der Waals surface area (Å²) in [6.45, 7) is 1.30. The molecule has 0 saturated carbocycles.